The number of aliphatic hydroxyl groups is 1. The van der Waals surface area contributed by atoms with Gasteiger partial charge in [-0.25, -0.2) is 4.79 Å². The van der Waals surface area contributed by atoms with Crippen molar-refractivity contribution < 1.29 is 29.2 Å². The number of ether oxygens (including phenoxy) is 1. The van der Waals surface area contributed by atoms with Crippen LogP contribution in [-0.4, -0.2) is 64.5 Å². The summed E-state index contributed by atoms with van der Waals surface area (Å²) in [7, 11) is 0. The van der Waals surface area contributed by atoms with E-state index in [9.17, 15) is 24.5 Å². The fourth-order valence-electron chi connectivity index (χ4n) is 2.67. The summed E-state index contributed by atoms with van der Waals surface area (Å²) in [6.07, 6.45) is 1.03. The molecule has 146 valence electrons. The number of non-ortho nitro benzene ring substituents is 1. The van der Waals surface area contributed by atoms with Crippen LogP contribution in [0, 0.1) is 10.1 Å². The number of esters is 1. The Morgan fingerprint density at radius 3 is 2.63 bits per heavy atom. The van der Waals surface area contributed by atoms with Crippen molar-refractivity contribution in [1.29, 1.82) is 0 Å². The summed E-state index contributed by atoms with van der Waals surface area (Å²) in [5.41, 5.74) is 5.36. The molecule has 1 aromatic carbocycles. The van der Waals surface area contributed by atoms with E-state index in [0.29, 0.717) is 19.4 Å². The van der Waals surface area contributed by atoms with Crippen molar-refractivity contribution in [2.24, 2.45) is 5.73 Å². The number of nitrogens with one attached hydrogen (secondary N) is 1. The van der Waals surface area contributed by atoms with Crippen molar-refractivity contribution in [1.82, 2.24) is 10.2 Å². The first-order valence-corrected chi connectivity index (χ1v) is 8.23. The maximum absolute atomic E-state index is 12.3. The first-order chi connectivity index (χ1) is 12.8. The highest BCUT2D eigenvalue weighted by Gasteiger charge is 2.36. The van der Waals surface area contributed by atoms with Crippen LogP contribution in [0.3, 0.4) is 0 Å². The standard InChI is InChI=1S/C16H20N4O7/c17-12(9-21)16(24)19-7-1-2-13(19)15(23)18-8-14(22)27-11-5-3-10(4-6-11)20(25)26/h3-6,12-13,21H,1-2,7-9,17H2,(H,18,23). The van der Waals surface area contributed by atoms with Crippen LogP contribution in [-0.2, 0) is 14.4 Å². The van der Waals surface area contributed by atoms with Gasteiger partial charge in [0.1, 0.15) is 24.4 Å². The summed E-state index contributed by atoms with van der Waals surface area (Å²) in [5, 5.41) is 22.0. The van der Waals surface area contributed by atoms with Crippen molar-refractivity contribution in [2.75, 3.05) is 19.7 Å². The summed E-state index contributed by atoms with van der Waals surface area (Å²) in [6.45, 7) is -0.608. The number of rotatable bonds is 7. The lowest BCUT2D eigenvalue weighted by Gasteiger charge is -2.25. The summed E-state index contributed by atoms with van der Waals surface area (Å²) in [6, 6.07) is 3.06. The van der Waals surface area contributed by atoms with Crippen LogP contribution < -0.4 is 15.8 Å². The minimum absolute atomic E-state index is 0.103. The molecule has 0 bridgehead atoms. The van der Waals surface area contributed by atoms with Crippen LogP contribution in [0.2, 0.25) is 0 Å². The zero-order valence-corrected chi connectivity index (χ0v) is 14.4. The lowest BCUT2D eigenvalue weighted by atomic mass is 10.2. The van der Waals surface area contributed by atoms with Gasteiger partial charge >= 0.3 is 5.97 Å². The molecule has 2 rings (SSSR count). The molecule has 1 aliphatic rings. The SMILES string of the molecule is NC(CO)C(=O)N1CCCC1C(=O)NCC(=O)Oc1ccc([N+](=O)[O-])cc1. The molecule has 27 heavy (non-hydrogen) atoms. The molecule has 2 unspecified atom stereocenters. The van der Waals surface area contributed by atoms with E-state index in [1.54, 1.807) is 0 Å². The van der Waals surface area contributed by atoms with Gasteiger partial charge in [0, 0.05) is 18.7 Å². The molecule has 1 aliphatic heterocycles. The molecule has 11 heteroatoms. The maximum Gasteiger partial charge on any atom is 0.330 e. The summed E-state index contributed by atoms with van der Waals surface area (Å²) in [5.74, 6) is -1.71. The number of carbonyl (C=O) groups excluding carboxylic acids is 3. The number of nitro groups is 1. The second-order valence-electron chi connectivity index (χ2n) is 5.92. The number of hydrogen-bond acceptors (Lipinski definition) is 8. The Balaban J connectivity index is 1.86. The molecule has 1 fully saturated rings. The predicted octanol–water partition coefficient (Wildman–Crippen LogP) is -1.07. The second kappa shape index (κ2) is 9.05. The molecule has 1 saturated heterocycles. The van der Waals surface area contributed by atoms with Crippen LogP contribution in [0.25, 0.3) is 0 Å². The van der Waals surface area contributed by atoms with Gasteiger partial charge in [-0.1, -0.05) is 0 Å². The van der Waals surface area contributed by atoms with E-state index < -0.39 is 47.9 Å². The molecule has 0 radical (unpaired) electrons. The number of aliphatic hydroxyl groups excluding tert-OH is 1. The molecule has 2 amide bonds. The third-order valence-corrected chi connectivity index (χ3v) is 4.04. The van der Waals surface area contributed by atoms with E-state index in [1.165, 1.54) is 29.2 Å². The number of nitrogens with zero attached hydrogens (tertiary/aromatic N) is 2. The lowest BCUT2D eigenvalue weighted by Crippen LogP contribution is -2.52. The molecule has 0 aromatic heterocycles. The maximum atomic E-state index is 12.3. The lowest BCUT2D eigenvalue weighted by molar-refractivity contribution is -0.384. The van der Waals surface area contributed by atoms with Crippen LogP contribution in [0.15, 0.2) is 24.3 Å². The third-order valence-electron chi connectivity index (χ3n) is 4.04. The highest BCUT2D eigenvalue weighted by Crippen LogP contribution is 2.19. The van der Waals surface area contributed by atoms with Crippen molar-refractivity contribution in [2.45, 2.75) is 24.9 Å². The molecular formula is C16H20N4O7. The number of likely N-dealkylation sites (tertiary alicyclic amines) is 1. The van der Waals surface area contributed by atoms with E-state index in [1.807, 2.05) is 0 Å². The number of nitrogens with two attached hydrogens (primary N) is 1. The molecule has 4 N–H and O–H groups in total. The third kappa shape index (κ3) is 5.21. The fraction of sp³-hybridized carbons (Fsp3) is 0.438. The Hall–Kier alpha value is -3.05. The van der Waals surface area contributed by atoms with Crippen molar-refractivity contribution in [3.8, 4) is 5.75 Å². The van der Waals surface area contributed by atoms with Gasteiger partial charge < -0.3 is 25.8 Å². The van der Waals surface area contributed by atoms with E-state index in [4.69, 9.17) is 15.6 Å². The molecule has 1 heterocycles. The second-order valence-corrected chi connectivity index (χ2v) is 5.92. The molecule has 0 spiro atoms. The van der Waals surface area contributed by atoms with Crippen molar-refractivity contribution in [3.63, 3.8) is 0 Å². The van der Waals surface area contributed by atoms with Crippen LogP contribution >= 0.6 is 0 Å². The summed E-state index contributed by atoms with van der Waals surface area (Å²) < 4.78 is 4.98. The van der Waals surface area contributed by atoms with E-state index in [2.05, 4.69) is 5.32 Å². The average molecular weight is 380 g/mol. The molecule has 2 atom stereocenters. The molecule has 0 saturated carbocycles. The summed E-state index contributed by atoms with van der Waals surface area (Å²) >= 11 is 0. The molecule has 0 aliphatic carbocycles. The first-order valence-electron chi connectivity index (χ1n) is 8.23. The Labute approximate surface area is 154 Å². The highest BCUT2D eigenvalue weighted by molar-refractivity contribution is 5.91. The topological polar surface area (TPSA) is 165 Å². The zero-order chi connectivity index (χ0) is 20.0. The molecule has 11 nitrogen and oxygen atoms in total. The van der Waals surface area contributed by atoms with E-state index in [0.717, 1.165) is 0 Å². The quantitative estimate of drug-likeness (QED) is 0.233. The highest BCUT2D eigenvalue weighted by atomic mass is 16.6. The van der Waals surface area contributed by atoms with Crippen LogP contribution in [0.5, 0.6) is 5.75 Å². The first kappa shape index (κ1) is 20.3. The Morgan fingerprint density at radius 2 is 2.04 bits per heavy atom. The van der Waals surface area contributed by atoms with E-state index in [-0.39, 0.29) is 11.4 Å². The van der Waals surface area contributed by atoms with Gasteiger partial charge in [-0.2, -0.15) is 0 Å². The van der Waals surface area contributed by atoms with Crippen molar-refractivity contribution >= 4 is 23.5 Å². The molecule has 1 aromatic rings. The van der Waals surface area contributed by atoms with Crippen LogP contribution in [0.1, 0.15) is 12.8 Å². The average Bonchev–Trinajstić information content (AvgIpc) is 3.15. The smallest absolute Gasteiger partial charge is 0.330 e. The van der Waals surface area contributed by atoms with Crippen LogP contribution in [0.4, 0.5) is 5.69 Å². The number of nitro benzene ring substituents is 1. The zero-order valence-electron chi connectivity index (χ0n) is 14.4. The predicted molar refractivity (Wildman–Crippen MR) is 91.5 cm³/mol. The van der Waals surface area contributed by atoms with E-state index >= 15 is 0 Å². The normalized spacial score (nSPS) is 17.3. The number of hydrogen-bond donors (Lipinski definition) is 3. The number of benzene rings is 1. The summed E-state index contributed by atoms with van der Waals surface area (Å²) in [4.78, 5) is 47.4. The number of amides is 2. The van der Waals surface area contributed by atoms with Gasteiger partial charge in [-0.15, -0.1) is 0 Å². The van der Waals surface area contributed by atoms with Crippen molar-refractivity contribution in [3.05, 3.63) is 34.4 Å². The Bertz CT molecular complexity index is 722. The van der Waals surface area contributed by atoms with Gasteiger partial charge in [-0.3, -0.25) is 19.7 Å². The minimum atomic E-state index is -1.09. The van der Waals surface area contributed by atoms with Gasteiger partial charge in [-0.05, 0) is 25.0 Å². The van der Waals surface area contributed by atoms with Gasteiger partial charge in [0.05, 0.1) is 11.5 Å². The number of carbonyl (C=O) groups is 3. The fourth-order valence-corrected chi connectivity index (χ4v) is 2.67. The van der Waals surface area contributed by atoms with Gasteiger partial charge in [0.15, 0.2) is 0 Å². The molecular weight excluding hydrogens is 360 g/mol. The Kier molecular flexibility index (Phi) is 6.79. The minimum Gasteiger partial charge on any atom is -0.425 e. The van der Waals surface area contributed by atoms with Gasteiger partial charge in [0.25, 0.3) is 5.69 Å². The van der Waals surface area contributed by atoms with Gasteiger partial charge in [0.2, 0.25) is 11.8 Å². The Morgan fingerprint density at radius 1 is 1.37 bits per heavy atom. The largest absolute Gasteiger partial charge is 0.425 e. The monoisotopic (exact) mass is 380 g/mol.